The van der Waals surface area contributed by atoms with Gasteiger partial charge in [-0.3, -0.25) is 4.90 Å². The number of morpholine rings is 1. The van der Waals surface area contributed by atoms with Crippen molar-refractivity contribution in [3.63, 3.8) is 0 Å². The molecule has 0 aliphatic carbocycles. The van der Waals surface area contributed by atoms with Gasteiger partial charge in [0.1, 0.15) is 0 Å². The number of hydrogen-bond acceptors (Lipinski definition) is 3. The van der Waals surface area contributed by atoms with E-state index in [9.17, 15) is 0 Å². The first-order chi connectivity index (χ1) is 5.89. The third-order valence-corrected chi connectivity index (χ3v) is 2.19. The van der Waals surface area contributed by atoms with Crippen molar-refractivity contribution in [2.45, 2.75) is 45.4 Å². The summed E-state index contributed by atoms with van der Waals surface area (Å²) in [4.78, 5) is 2.39. The van der Waals surface area contributed by atoms with Crippen LogP contribution < -0.4 is 5.73 Å². The zero-order valence-electron chi connectivity index (χ0n) is 9.21. The lowest BCUT2D eigenvalue weighted by Gasteiger charge is -2.42. The summed E-state index contributed by atoms with van der Waals surface area (Å²) in [7, 11) is 0. The van der Waals surface area contributed by atoms with Crippen LogP contribution in [0.15, 0.2) is 0 Å². The highest BCUT2D eigenvalue weighted by molar-refractivity contribution is 4.83. The summed E-state index contributed by atoms with van der Waals surface area (Å²) >= 11 is 0. The zero-order valence-corrected chi connectivity index (χ0v) is 9.21. The van der Waals surface area contributed by atoms with E-state index < -0.39 is 0 Å². The monoisotopic (exact) mass is 186 g/mol. The normalized spacial score (nSPS) is 31.6. The van der Waals surface area contributed by atoms with E-state index in [1.54, 1.807) is 0 Å². The Morgan fingerprint density at radius 3 is 2.69 bits per heavy atom. The smallest absolute Gasteiger partial charge is 0.0757 e. The van der Waals surface area contributed by atoms with E-state index in [-0.39, 0.29) is 11.6 Å². The summed E-state index contributed by atoms with van der Waals surface area (Å²) in [6.45, 7) is 11.4. The van der Waals surface area contributed by atoms with Gasteiger partial charge in [-0.2, -0.15) is 0 Å². The highest BCUT2D eigenvalue weighted by Crippen LogP contribution is 2.20. The molecule has 1 fully saturated rings. The summed E-state index contributed by atoms with van der Waals surface area (Å²) in [5, 5.41) is 0. The van der Waals surface area contributed by atoms with Gasteiger partial charge in [-0.1, -0.05) is 0 Å². The first-order valence-electron chi connectivity index (χ1n) is 5.05. The Morgan fingerprint density at radius 2 is 2.23 bits per heavy atom. The van der Waals surface area contributed by atoms with Crippen LogP contribution in [0.25, 0.3) is 0 Å². The van der Waals surface area contributed by atoms with E-state index in [4.69, 9.17) is 10.5 Å². The third kappa shape index (κ3) is 3.63. The van der Waals surface area contributed by atoms with Crippen molar-refractivity contribution in [2.75, 3.05) is 19.6 Å². The molecular weight excluding hydrogens is 164 g/mol. The predicted molar refractivity (Wildman–Crippen MR) is 54.7 cm³/mol. The molecule has 2 atom stereocenters. The fourth-order valence-corrected chi connectivity index (χ4v) is 2.13. The molecule has 0 aromatic carbocycles. The average Bonchev–Trinajstić information content (AvgIpc) is 1.78. The van der Waals surface area contributed by atoms with E-state index in [0.29, 0.717) is 6.10 Å². The maximum Gasteiger partial charge on any atom is 0.0757 e. The number of nitrogens with two attached hydrogens (primary N) is 1. The molecule has 1 unspecified atom stereocenters. The minimum Gasteiger partial charge on any atom is -0.370 e. The molecule has 3 heteroatoms. The molecular formula is C10H22N2O. The van der Waals surface area contributed by atoms with Gasteiger partial charge in [0.2, 0.25) is 0 Å². The third-order valence-electron chi connectivity index (χ3n) is 2.19. The Labute approximate surface area is 81.2 Å². The lowest BCUT2D eigenvalue weighted by Crippen LogP contribution is -2.54. The van der Waals surface area contributed by atoms with Gasteiger partial charge in [0.15, 0.2) is 0 Å². The number of rotatable bonds is 2. The summed E-state index contributed by atoms with van der Waals surface area (Å²) in [6, 6.07) is 0.251. The molecule has 1 rings (SSSR count). The Balaban J connectivity index is 2.48. The molecule has 0 radical (unpaired) electrons. The van der Waals surface area contributed by atoms with Gasteiger partial charge in [0, 0.05) is 25.7 Å². The Bertz CT molecular complexity index is 166. The molecule has 0 aromatic rings. The molecule has 0 aromatic heterocycles. The molecule has 0 saturated carbocycles. The molecule has 78 valence electrons. The van der Waals surface area contributed by atoms with Crippen LogP contribution in [-0.2, 0) is 4.74 Å². The van der Waals surface area contributed by atoms with Crippen LogP contribution in [0.4, 0.5) is 0 Å². The van der Waals surface area contributed by atoms with Gasteiger partial charge in [0.05, 0.1) is 11.7 Å². The molecule has 1 aliphatic rings. The van der Waals surface area contributed by atoms with E-state index in [0.717, 1.165) is 19.6 Å². The summed E-state index contributed by atoms with van der Waals surface area (Å²) in [5.41, 5.74) is 5.75. The fourth-order valence-electron chi connectivity index (χ4n) is 2.13. The standard InChI is InChI=1S/C10H22N2O/c1-8(11)5-12-6-9(2)13-10(3,4)7-12/h8-9H,5-7,11H2,1-4H3/t8-,9?/m1/s1. The highest BCUT2D eigenvalue weighted by atomic mass is 16.5. The van der Waals surface area contributed by atoms with Crippen molar-refractivity contribution in [1.29, 1.82) is 0 Å². The minimum atomic E-state index is -0.0213. The maximum absolute atomic E-state index is 5.80. The molecule has 1 heterocycles. The summed E-state index contributed by atoms with van der Waals surface area (Å²) in [6.07, 6.45) is 0.322. The maximum atomic E-state index is 5.80. The second kappa shape index (κ2) is 3.95. The van der Waals surface area contributed by atoms with Crippen LogP contribution in [0.3, 0.4) is 0 Å². The molecule has 0 amide bonds. The van der Waals surface area contributed by atoms with E-state index in [1.807, 2.05) is 6.92 Å². The van der Waals surface area contributed by atoms with E-state index in [1.165, 1.54) is 0 Å². The zero-order chi connectivity index (χ0) is 10.1. The van der Waals surface area contributed by atoms with Gasteiger partial charge in [0.25, 0.3) is 0 Å². The number of hydrogen-bond donors (Lipinski definition) is 1. The summed E-state index contributed by atoms with van der Waals surface area (Å²) in [5.74, 6) is 0. The van der Waals surface area contributed by atoms with Crippen LogP contribution in [0.2, 0.25) is 0 Å². The Kier molecular flexibility index (Phi) is 3.33. The topological polar surface area (TPSA) is 38.5 Å². The Morgan fingerprint density at radius 1 is 1.62 bits per heavy atom. The number of ether oxygens (including phenoxy) is 1. The van der Waals surface area contributed by atoms with Crippen LogP contribution in [0, 0.1) is 0 Å². The second-order valence-corrected chi connectivity index (χ2v) is 4.86. The van der Waals surface area contributed by atoms with Crippen LogP contribution >= 0.6 is 0 Å². The van der Waals surface area contributed by atoms with Crippen molar-refractivity contribution in [2.24, 2.45) is 5.73 Å². The van der Waals surface area contributed by atoms with Crippen molar-refractivity contribution >= 4 is 0 Å². The molecule has 3 nitrogen and oxygen atoms in total. The van der Waals surface area contributed by atoms with Gasteiger partial charge in [-0.05, 0) is 27.7 Å². The lowest BCUT2D eigenvalue weighted by atomic mass is 10.1. The van der Waals surface area contributed by atoms with Crippen molar-refractivity contribution < 1.29 is 4.74 Å². The first-order valence-corrected chi connectivity index (χ1v) is 5.05. The van der Waals surface area contributed by atoms with Crippen molar-refractivity contribution in [3.8, 4) is 0 Å². The van der Waals surface area contributed by atoms with Crippen molar-refractivity contribution in [1.82, 2.24) is 4.90 Å². The quantitative estimate of drug-likeness (QED) is 0.694. The molecule has 1 saturated heterocycles. The molecule has 2 N–H and O–H groups in total. The SMILES string of the molecule is CC1CN(C[C@@H](C)N)CC(C)(C)O1. The predicted octanol–water partition coefficient (Wildman–Crippen LogP) is 0.833. The lowest BCUT2D eigenvalue weighted by molar-refractivity contribution is -0.129. The van der Waals surface area contributed by atoms with Crippen LogP contribution in [0.5, 0.6) is 0 Å². The second-order valence-electron chi connectivity index (χ2n) is 4.86. The fraction of sp³-hybridized carbons (Fsp3) is 1.00. The largest absolute Gasteiger partial charge is 0.370 e. The number of nitrogens with zero attached hydrogens (tertiary/aromatic N) is 1. The molecule has 13 heavy (non-hydrogen) atoms. The first kappa shape index (κ1) is 11.0. The van der Waals surface area contributed by atoms with E-state index >= 15 is 0 Å². The van der Waals surface area contributed by atoms with Crippen LogP contribution in [-0.4, -0.2) is 42.3 Å². The average molecular weight is 186 g/mol. The van der Waals surface area contributed by atoms with E-state index in [2.05, 4.69) is 25.7 Å². The Hall–Kier alpha value is -0.120. The molecule has 0 spiro atoms. The van der Waals surface area contributed by atoms with Crippen LogP contribution in [0.1, 0.15) is 27.7 Å². The van der Waals surface area contributed by atoms with Gasteiger partial charge in [-0.15, -0.1) is 0 Å². The minimum absolute atomic E-state index is 0.0213. The van der Waals surface area contributed by atoms with Gasteiger partial charge >= 0.3 is 0 Å². The molecule has 1 aliphatic heterocycles. The summed E-state index contributed by atoms with van der Waals surface area (Å²) < 4.78 is 5.80. The van der Waals surface area contributed by atoms with Gasteiger partial charge in [-0.25, -0.2) is 0 Å². The van der Waals surface area contributed by atoms with Crippen molar-refractivity contribution in [3.05, 3.63) is 0 Å². The molecule has 0 bridgehead atoms. The highest BCUT2D eigenvalue weighted by Gasteiger charge is 2.31. The van der Waals surface area contributed by atoms with Gasteiger partial charge < -0.3 is 10.5 Å².